The van der Waals surface area contributed by atoms with E-state index in [1.165, 1.54) is 0 Å². The Morgan fingerprint density at radius 2 is 1.78 bits per heavy atom. The zero-order valence-corrected chi connectivity index (χ0v) is 13.6. The molecule has 122 valence electrons. The Balaban J connectivity index is 1.94. The first-order valence-electron chi connectivity index (χ1n) is 7.41. The number of benzene rings is 1. The van der Waals surface area contributed by atoms with Gasteiger partial charge in [-0.25, -0.2) is 0 Å². The molecule has 2 N–H and O–H groups in total. The molecule has 0 bridgehead atoms. The van der Waals surface area contributed by atoms with E-state index in [2.05, 4.69) is 10.6 Å². The van der Waals surface area contributed by atoms with Crippen molar-refractivity contribution in [1.29, 1.82) is 0 Å². The van der Waals surface area contributed by atoms with Gasteiger partial charge in [0, 0.05) is 31.2 Å². The second kappa shape index (κ2) is 7.60. The minimum atomic E-state index is -0.666. The number of rotatable bonds is 5. The van der Waals surface area contributed by atoms with Gasteiger partial charge in [0.15, 0.2) is 0 Å². The van der Waals surface area contributed by atoms with Gasteiger partial charge in [0.2, 0.25) is 0 Å². The number of para-hydroxylation sites is 1. The standard InChI is InChI=1S/C17H22N4O2/c1-20(2)15(14-10-7-11-21(14)3)12-18-16(22)17(23)19-13-8-5-4-6-9-13/h4-11,15H,12H2,1-3H3,(H,18,22)(H,19,23). The number of likely N-dealkylation sites (N-methyl/N-ethyl adjacent to an activating group) is 1. The third-order valence-electron chi connectivity index (χ3n) is 3.64. The summed E-state index contributed by atoms with van der Waals surface area (Å²) in [5, 5.41) is 5.26. The largest absolute Gasteiger partial charge is 0.353 e. The van der Waals surface area contributed by atoms with Gasteiger partial charge in [-0.3, -0.25) is 14.5 Å². The monoisotopic (exact) mass is 314 g/mol. The van der Waals surface area contributed by atoms with E-state index in [0.29, 0.717) is 12.2 Å². The number of nitrogens with one attached hydrogen (secondary N) is 2. The van der Waals surface area contributed by atoms with Crippen molar-refractivity contribution in [1.82, 2.24) is 14.8 Å². The molecule has 0 saturated heterocycles. The van der Waals surface area contributed by atoms with Gasteiger partial charge in [-0.05, 0) is 38.4 Å². The Bertz CT molecular complexity index is 664. The molecule has 0 radical (unpaired) electrons. The van der Waals surface area contributed by atoms with Gasteiger partial charge in [0.1, 0.15) is 0 Å². The molecular weight excluding hydrogens is 292 g/mol. The molecule has 6 nitrogen and oxygen atoms in total. The number of aryl methyl sites for hydroxylation is 1. The molecule has 0 saturated carbocycles. The SMILES string of the molecule is CN(C)C(CNC(=O)C(=O)Nc1ccccc1)c1cccn1C. The average Bonchev–Trinajstić information content (AvgIpc) is 2.94. The Kier molecular flexibility index (Phi) is 5.54. The lowest BCUT2D eigenvalue weighted by atomic mass is 10.2. The second-order valence-electron chi connectivity index (χ2n) is 5.55. The highest BCUT2D eigenvalue weighted by Gasteiger charge is 2.20. The van der Waals surface area contributed by atoms with Crippen molar-refractivity contribution in [2.24, 2.45) is 7.05 Å². The Morgan fingerprint density at radius 3 is 2.35 bits per heavy atom. The van der Waals surface area contributed by atoms with Gasteiger partial charge >= 0.3 is 11.8 Å². The zero-order valence-electron chi connectivity index (χ0n) is 13.6. The van der Waals surface area contributed by atoms with Crippen LogP contribution < -0.4 is 10.6 Å². The van der Waals surface area contributed by atoms with Crippen LogP contribution >= 0.6 is 0 Å². The first kappa shape index (κ1) is 16.8. The second-order valence-corrected chi connectivity index (χ2v) is 5.55. The highest BCUT2D eigenvalue weighted by molar-refractivity contribution is 6.39. The number of hydrogen-bond acceptors (Lipinski definition) is 3. The number of aromatic nitrogens is 1. The van der Waals surface area contributed by atoms with Crippen molar-refractivity contribution in [3.8, 4) is 0 Å². The van der Waals surface area contributed by atoms with Crippen LogP contribution in [0.1, 0.15) is 11.7 Å². The minimum Gasteiger partial charge on any atom is -0.353 e. The average molecular weight is 314 g/mol. The smallest absolute Gasteiger partial charge is 0.313 e. The van der Waals surface area contributed by atoms with Crippen LogP contribution in [0.25, 0.3) is 0 Å². The molecule has 0 spiro atoms. The van der Waals surface area contributed by atoms with Gasteiger partial charge in [-0.1, -0.05) is 18.2 Å². The third kappa shape index (κ3) is 4.43. The Morgan fingerprint density at radius 1 is 1.09 bits per heavy atom. The molecule has 2 rings (SSSR count). The third-order valence-corrected chi connectivity index (χ3v) is 3.64. The van der Waals surface area contributed by atoms with Crippen molar-refractivity contribution in [2.75, 3.05) is 26.0 Å². The molecule has 2 amide bonds. The maximum absolute atomic E-state index is 12.0. The molecule has 0 aliphatic rings. The van der Waals surface area contributed by atoms with Crippen LogP contribution in [0.15, 0.2) is 48.7 Å². The predicted octanol–water partition coefficient (Wildman–Crippen LogP) is 1.38. The van der Waals surface area contributed by atoms with Crippen LogP contribution in [0.3, 0.4) is 0 Å². The molecular formula is C17H22N4O2. The highest BCUT2D eigenvalue weighted by atomic mass is 16.2. The summed E-state index contributed by atoms with van der Waals surface area (Å²) in [7, 11) is 5.83. The number of nitrogens with zero attached hydrogens (tertiary/aromatic N) is 2. The van der Waals surface area contributed by atoms with E-state index in [1.807, 2.05) is 55.0 Å². The molecule has 1 aromatic heterocycles. The van der Waals surface area contributed by atoms with E-state index in [-0.39, 0.29) is 6.04 Å². The van der Waals surface area contributed by atoms with Crippen molar-refractivity contribution < 1.29 is 9.59 Å². The number of carbonyl (C=O) groups is 2. The summed E-state index contributed by atoms with van der Waals surface area (Å²) in [5.74, 6) is -1.31. The molecule has 2 aromatic rings. The summed E-state index contributed by atoms with van der Waals surface area (Å²) in [6, 6.07) is 12.8. The lowest BCUT2D eigenvalue weighted by Crippen LogP contribution is -2.40. The first-order valence-corrected chi connectivity index (χ1v) is 7.41. The molecule has 1 aromatic carbocycles. The molecule has 1 atom stereocenters. The molecule has 0 aliphatic heterocycles. The van der Waals surface area contributed by atoms with E-state index in [4.69, 9.17) is 0 Å². The van der Waals surface area contributed by atoms with Gasteiger partial charge in [-0.2, -0.15) is 0 Å². The normalized spacial score (nSPS) is 12.0. The van der Waals surface area contributed by atoms with Gasteiger partial charge in [0.05, 0.1) is 6.04 Å². The summed E-state index contributed by atoms with van der Waals surface area (Å²) in [6.07, 6.45) is 1.95. The summed E-state index contributed by atoms with van der Waals surface area (Å²) >= 11 is 0. The molecule has 1 unspecified atom stereocenters. The maximum Gasteiger partial charge on any atom is 0.313 e. The fourth-order valence-electron chi connectivity index (χ4n) is 2.35. The number of hydrogen-bond donors (Lipinski definition) is 2. The minimum absolute atomic E-state index is 0.0107. The zero-order chi connectivity index (χ0) is 16.8. The van der Waals surface area contributed by atoms with Crippen LogP contribution in [0.4, 0.5) is 5.69 Å². The lowest BCUT2D eigenvalue weighted by Gasteiger charge is -2.25. The molecule has 6 heteroatoms. The summed E-state index contributed by atoms with van der Waals surface area (Å²) in [6.45, 7) is 0.353. The van der Waals surface area contributed by atoms with Crippen LogP contribution in [0.5, 0.6) is 0 Å². The van der Waals surface area contributed by atoms with Crippen LogP contribution in [0, 0.1) is 0 Å². The van der Waals surface area contributed by atoms with E-state index in [9.17, 15) is 9.59 Å². The van der Waals surface area contributed by atoms with Crippen LogP contribution in [-0.2, 0) is 16.6 Å². The van der Waals surface area contributed by atoms with Crippen molar-refractivity contribution >= 4 is 17.5 Å². The quantitative estimate of drug-likeness (QED) is 0.820. The van der Waals surface area contributed by atoms with Gasteiger partial charge in [-0.15, -0.1) is 0 Å². The summed E-state index contributed by atoms with van der Waals surface area (Å²) < 4.78 is 2.00. The number of anilines is 1. The van der Waals surface area contributed by atoms with Crippen molar-refractivity contribution in [3.05, 3.63) is 54.4 Å². The fourth-order valence-corrected chi connectivity index (χ4v) is 2.35. The molecule has 0 aliphatic carbocycles. The van der Waals surface area contributed by atoms with Crippen molar-refractivity contribution in [2.45, 2.75) is 6.04 Å². The van der Waals surface area contributed by atoms with Crippen molar-refractivity contribution in [3.63, 3.8) is 0 Å². The van der Waals surface area contributed by atoms with E-state index >= 15 is 0 Å². The first-order chi connectivity index (χ1) is 11.0. The van der Waals surface area contributed by atoms with E-state index in [0.717, 1.165) is 5.69 Å². The lowest BCUT2D eigenvalue weighted by molar-refractivity contribution is -0.136. The van der Waals surface area contributed by atoms with Gasteiger partial charge in [0.25, 0.3) is 0 Å². The predicted molar refractivity (Wildman–Crippen MR) is 89.9 cm³/mol. The topological polar surface area (TPSA) is 66.4 Å². The Hall–Kier alpha value is -2.60. The summed E-state index contributed by atoms with van der Waals surface area (Å²) in [5.41, 5.74) is 1.66. The number of carbonyl (C=O) groups excluding carboxylic acids is 2. The molecule has 0 fully saturated rings. The fraction of sp³-hybridized carbons (Fsp3) is 0.294. The van der Waals surface area contributed by atoms with Crippen LogP contribution in [0.2, 0.25) is 0 Å². The molecule has 23 heavy (non-hydrogen) atoms. The van der Waals surface area contributed by atoms with Gasteiger partial charge < -0.3 is 15.2 Å². The molecule has 1 heterocycles. The summed E-state index contributed by atoms with van der Waals surface area (Å²) in [4.78, 5) is 25.9. The Labute approximate surface area is 136 Å². The highest BCUT2D eigenvalue weighted by Crippen LogP contribution is 2.17. The maximum atomic E-state index is 12.0. The van der Waals surface area contributed by atoms with Crippen LogP contribution in [-0.4, -0.2) is 41.9 Å². The van der Waals surface area contributed by atoms with E-state index < -0.39 is 11.8 Å². The van der Waals surface area contributed by atoms with E-state index in [1.54, 1.807) is 24.3 Å². The number of amides is 2.